The molecule has 2 aromatic carbocycles. The molecule has 3 atom stereocenters. The number of carbonyl (C=O) groups is 2. The van der Waals surface area contributed by atoms with Crippen LogP contribution in [-0.2, 0) is 51.8 Å². The summed E-state index contributed by atoms with van der Waals surface area (Å²) < 4.78 is 5.54. The molecule has 0 bridgehead atoms. The molecule has 0 spiro atoms. The van der Waals surface area contributed by atoms with Crippen LogP contribution in [0.15, 0.2) is 77.8 Å². The first-order valence-corrected chi connectivity index (χ1v) is 18.8. The average molecular weight is 889 g/mol. The van der Waals surface area contributed by atoms with Gasteiger partial charge in [-0.05, 0) is 61.5 Å². The summed E-state index contributed by atoms with van der Waals surface area (Å²) in [5.41, 5.74) is 5.14. The van der Waals surface area contributed by atoms with Gasteiger partial charge in [0.2, 0.25) is 0 Å². The van der Waals surface area contributed by atoms with E-state index in [0.717, 1.165) is 54.1 Å². The van der Waals surface area contributed by atoms with E-state index < -0.39 is 6.09 Å². The Morgan fingerprint density at radius 2 is 1.50 bits per heavy atom. The maximum absolute atomic E-state index is 13.3. The van der Waals surface area contributed by atoms with E-state index in [9.17, 15) is 9.59 Å². The number of aromatic nitrogens is 2. The summed E-state index contributed by atoms with van der Waals surface area (Å²) >= 11 is 3.12. The Morgan fingerprint density at radius 3 is 2.08 bits per heavy atom. The second-order valence-corrected chi connectivity index (χ2v) is 15.1. The molecule has 2 N–H and O–H groups in total. The van der Waals surface area contributed by atoms with E-state index >= 15 is 0 Å². The van der Waals surface area contributed by atoms with Crippen molar-refractivity contribution in [1.29, 1.82) is 0 Å². The van der Waals surface area contributed by atoms with E-state index in [1.807, 2.05) is 36.7 Å². The molecular weight excluding hydrogens is 834 g/mol. The average Bonchev–Trinajstić information content (AvgIpc) is 3.78. The number of thiazole rings is 2. The van der Waals surface area contributed by atoms with Gasteiger partial charge in [-0.1, -0.05) is 88.4 Å². The summed E-state index contributed by atoms with van der Waals surface area (Å²) in [6.45, 7) is 9.31. The molecule has 3 amide bonds. The molecule has 8 nitrogen and oxygen atoms in total. The van der Waals surface area contributed by atoms with Crippen molar-refractivity contribution in [3.63, 3.8) is 0 Å². The van der Waals surface area contributed by atoms with Crippen LogP contribution in [0.3, 0.4) is 0 Å². The van der Waals surface area contributed by atoms with Crippen LogP contribution in [0.2, 0.25) is 0 Å². The zero-order valence-electron chi connectivity index (χ0n) is 30.3. The Balaban J connectivity index is 0.00000433. The molecule has 4 rings (SSSR count). The van der Waals surface area contributed by atoms with Crippen LogP contribution in [0, 0.1) is 19.3 Å². The number of alkyl carbamates (subject to hydrolysis) is 1. The van der Waals surface area contributed by atoms with Gasteiger partial charge in [-0.15, -0.1) is 22.7 Å². The molecule has 0 unspecified atom stereocenters. The van der Waals surface area contributed by atoms with Gasteiger partial charge in [0.1, 0.15) is 6.61 Å². The molecule has 50 heavy (non-hydrogen) atoms. The third-order valence-corrected chi connectivity index (χ3v) is 10.5. The molecule has 0 aliphatic rings. The van der Waals surface area contributed by atoms with Gasteiger partial charge in [-0.3, -0.25) is 4.98 Å². The van der Waals surface area contributed by atoms with Gasteiger partial charge >= 0.3 is 12.1 Å². The number of nitrogens with one attached hydrogen (secondary N) is 2. The molecule has 2 heterocycles. The Bertz CT molecular complexity index is 1500. The van der Waals surface area contributed by atoms with Crippen molar-refractivity contribution in [1.82, 2.24) is 25.5 Å². The van der Waals surface area contributed by atoms with Crippen LogP contribution in [0.5, 0.6) is 0 Å². The minimum Gasteiger partial charge on any atom is -0.444 e. The molecule has 272 valence electrons. The van der Waals surface area contributed by atoms with Crippen molar-refractivity contribution >= 4 is 34.8 Å². The van der Waals surface area contributed by atoms with Crippen LogP contribution < -0.4 is 10.6 Å². The fourth-order valence-electron chi connectivity index (χ4n) is 5.75. The Kier molecular flexibility index (Phi) is 19.6. The fraction of sp³-hybridized carbons (Fsp3) is 0.462. The fourth-order valence-corrected chi connectivity index (χ4v) is 7.08. The van der Waals surface area contributed by atoms with Gasteiger partial charge in [-0.25, -0.2) is 14.6 Å². The van der Waals surface area contributed by atoms with Crippen LogP contribution in [-0.4, -0.2) is 46.1 Å². The third kappa shape index (κ3) is 15.0. The van der Waals surface area contributed by atoms with Crippen molar-refractivity contribution in [2.75, 3.05) is 7.05 Å². The third-order valence-electron chi connectivity index (χ3n) is 8.58. The molecule has 4 aromatic rings. The number of rotatable bonds is 18. The van der Waals surface area contributed by atoms with E-state index in [0.29, 0.717) is 18.4 Å². The molecule has 0 aliphatic heterocycles. The van der Waals surface area contributed by atoms with Crippen LogP contribution in [0.1, 0.15) is 86.0 Å². The molecule has 11 heteroatoms. The number of hydrogen-bond acceptors (Lipinski definition) is 7. The Hall–Kier alpha value is -3.07. The van der Waals surface area contributed by atoms with E-state index in [1.54, 1.807) is 27.9 Å². The standard InChI is InChI=1S/C38H51N5O3S2.CH3.W/c1-27(2)35(42-37(44)43(5)23-33-25-47-36(40-33)28(3)4)19-17-31(20-29-12-8-6-9-13-29)16-18-32(21-30-14-10-7-11-15-30)41-38(45)46-24-34-22-39-26-48-34;;/h6-15,22,25-28,31-32,35H,16-21,23-24H2,1-5H3,(H,41,45)(H,42,44);1H3;/q;-1;/t31-,32+,35+;;/m0../s1. The van der Waals surface area contributed by atoms with Crippen molar-refractivity contribution < 1.29 is 35.4 Å². The number of nitrogens with zero attached hydrogens (tertiary/aromatic N) is 3. The van der Waals surface area contributed by atoms with Crippen LogP contribution in [0.25, 0.3) is 0 Å². The molecular formula is C39H54N5O3S2W-. The smallest absolute Gasteiger partial charge is 0.407 e. The van der Waals surface area contributed by atoms with Gasteiger partial charge in [0.15, 0.2) is 0 Å². The minimum atomic E-state index is -0.409. The van der Waals surface area contributed by atoms with Gasteiger partial charge in [-0.2, -0.15) is 0 Å². The predicted molar refractivity (Wildman–Crippen MR) is 203 cm³/mol. The quantitative estimate of drug-likeness (QED) is 0.0972. The summed E-state index contributed by atoms with van der Waals surface area (Å²) in [6, 6.07) is 20.8. The zero-order valence-corrected chi connectivity index (χ0v) is 34.9. The zero-order chi connectivity index (χ0) is 34.3. The SMILES string of the molecule is CC(C)c1nc(CN(C)C(=O)N[C@H](CC[C@H](CC[C@H](Cc2ccccc2)NC(=O)OCc2cncs2)Cc2ccccc2)C(C)C)cs1.[CH3-].[W]. The second kappa shape index (κ2) is 22.7. The molecule has 0 aliphatic carbocycles. The van der Waals surface area contributed by atoms with Crippen molar-refractivity contribution in [3.8, 4) is 0 Å². The summed E-state index contributed by atoms with van der Waals surface area (Å²) in [7, 11) is 1.83. The van der Waals surface area contributed by atoms with Gasteiger partial charge in [0.25, 0.3) is 0 Å². The maximum Gasteiger partial charge on any atom is 0.407 e. The molecule has 0 fully saturated rings. The van der Waals surface area contributed by atoms with Gasteiger partial charge in [0, 0.05) is 57.7 Å². The predicted octanol–water partition coefficient (Wildman–Crippen LogP) is 9.29. The first-order valence-electron chi connectivity index (χ1n) is 17.0. The maximum atomic E-state index is 13.3. The summed E-state index contributed by atoms with van der Waals surface area (Å²) in [5, 5.41) is 9.62. The number of ether oxygens (including phenoxy) is 1. The molecule has 2 aromatic heterocycles. The summed E-state index contributed by atoms with van der Waals surface area (Å²) in [4.78, 5) is 37.6. The van der Waals surface area contributed by atoms with Gasteiger partial charge < -0.3 is 27.7 Å². The summed E-state index contributed by atoms with van der Waals surface area (Å²) in [6.07, 6.45) is 6.56. The van der Waals surface area contributed by atoms with E-state index in [2.05, 4.69) is 79.7 Å². The Morgan fingerprint density at radius 1 is 0.860 bits per heavy atom. The molecule has 0 saturated heterocycles. The van der Waals surface area contributed by atoms with E-state index in [4.69, 9.17) is 9.72 Å². The largest absolute Gasteiger partial charge is 0.444 e. The molecule has 0 saturated carbocycles. The van der Waals surface area contributed by atoms with Gasteiger partial charge in [0.05, 0.1) is 27.6 Å². The molecule has 0 radical (unpaired) electrons. The summed E-state index contributed by atoms with van der Waals surface area (Å²) in [5.74, 6) is 1.04. The number of amides is 3. The topological polar surface area (TPSA) is 96.5 Å². The number of urea groups is 1. The second-order valence-electron chi connectivity index (χ2n) is 13.3. The first kappa shape index (κ1) is 43.1. The van der Waals surface area contributed by atoms with Crippen molar-refractivity contribution in [3.05, 3.63) is 112 Å². The monoisotopic (exact) mass is 888 g/mol. The van der Waals surface area contributed by atoms with Crippen molar-refractivity contribution in [2.24, 2.45) is 11.8 Å². The number of carbonyl (C=O) groups excluding carboxylic acids is 2. The normalized spacial score (nSPS) is 12.7. The number of benzene rings is 2. The number of hydrogen-bond donors (Lipinski definition) is 2. The first-order chi connectivity index (χ1) is 23.2. The van der Waals surface area contributed by atoms with Crippen LogP contribution in [0.4, 0.5) is 9.59 Å². The minimum absolute atomic E-state index is 0. The van der Waals surface area contributed by atoms with E-state index in [1.165, 1.54) is 22.5 Å². The van der Waals surface area contributed by atoms with Crippen LogP contribution >= 0.6 is 22.7 Å². The van der Waals surface area contributed by atoms with Crippen molar-refractivity contribution in [2.45, 2.75) is 97.4 Å². The van der Waals surface area contributed by atoms with E-state index in [-0.39, 0.29) is 59.1 Å². The Labute approximate surface area is 322 Å².